The number of nitrogens with zero attached hydrogens (tertiary/aromatic N) is 4. The number of rotatable bonds is 9. The lowest BCUT2D eigenvalue weighted by atomic mass is 9.93. The Balaban J connectivity index is 1.49. The lowest BCUT2D eigenvalue weighted by molar-refractivity contribution is -0.127. The largest absolute Gasteiger partial charge is 0.497 e. The van der Waals surface area contributed by atoms with Crippen LogP contribution in [0.15, 0.2) is 99.9 Å². The van der Waals surface area contributed by atoms with E-state index in [4.69, 9.17) is 14.5 Å². The first-order valence-corrected chi connectivity index (χ1v) is 16.9. The molecule has 0 spiro atoms. The maximum atomic E-state index is 14.4. The fraction of sp³-hybridized carbons (Fsp3) is 0.256. The van der Waals surface area contributed by atoms with E-state index in [9.17, 15) is 9.59 Å². The number of fused-ring (bicyclic) bond motifs is 1. The molecule has 0 radical (unpaired) electrons. The molecule has 0 bridgehead atoms. The van der Waals surface area contributed by atoms with Crippen molar-refractivity contribution in [2.75, 3.05) is 27.3 Å². The summed E-state index contributed by atoms with van der Waals surface area (Å²) in [6.45, 7) is 10.9. The standard InChI is InChI=1S/C39H40N4O4S/c1-8-41(9-2)38(45)35-25(4)40-39-43(36(35)32-23-31(46-6)19-20-33(32)47-7)37(44)34(48-39)22-29-21-24(3)42(26(29)5)30-17-15-28(16-18-30)27-13-11-10-12-14-27/h10-23,36H,8-9H2,1-7H3/b34-22+/t36-/m0/s1. The molecule has 1 amide bonds. The summed E-state index contributed by atoms with van der Waals surface area (Å²) < 4.78 is 15.7. The van der Waals surface area contributed by atoms with Gasteiger partial charge in [0.25, 0.3) is 11.5 Å². The molecular weight excluding hydrogens is 621 g/mol. The molecule has 5 aromatic rings. The van der Waals surface area contributed by atoms with Gasteiger partial charge in [-0.25, -0.2) is 4.99 Å². The molecule has 0 unspecified atom stereocenters. The second kappa shape index (κ2) is 13.5. The zero-order valence-electron chi connectivity index (χ0n) is 28.4. The summed E-state index contributed by atoms with van der Waals surface area (Å²) in [5.41, 5.74) is 7.85. The number of likely N-dealkylation sites (N-methyl/N-ethyl adjacent to an activating group) is 1. The summed E-state index contributed by atoms with van der Waals surface area (Å²) in [6, 6.07) is 25.6. The van der Waals surface area contributed by atoms with Crippen LogP contribution < -0.4 is 24.4 Å². The number of carbonyl (C=O) groups excluding carboxylic acids is 1. The lowest BCUT2D eigenvalue weighted by Crippen LogP contribution is -2.43. The first-order chi connectivity index (χ1) is 23.2. The van der Waals surface area contributed by atoms with Crippen LogP contribution in [-0.2, 0) is 4.79 Å². The molecule has 1 aliphatic rings. The Morgan fingerprint density at radius 2 is 1.60 bits per heavy atom. The number of hydrogen-bond acceptors (Lipinski definition) is 6. The summed E-state index contributed by atoms with van der Waals surface area (Å²) in [5, 5.41) is 0. The monoisotopic (exact) mass is 660 g/mol. The molecule has 48 heavy (non-hydrogen) atoms. The van der Waals surface area contributed by atoms with Gasteiger partial charge in [-0.15, -0.1) is 0 Å². The molecule has 6 rings (SSSR count). The molecule has 0 aliphatic carbocycles. The van der Waals surface area contributed by atoms with Crippen molar-refractivity contribution in [3.63, 3.8) is 0 Å². The van der Waals surface area contributed by atoms with Gasteiger partial charge in [0.05, 0.1) is 30.0 Å². The Morgan fingerprint density at radius 3 is 2.25 bits per heavy atom. The number of hydrogen-bond donors (Lipinski definition) is 0. The number of aromatic nitrogens is 2. The van der Waals surface area contributed by atoms with Crippen LogP contribution >= 0.6 is 11.3 Å². The topological polar surface area (TPSA) is 78.1 Å². The van der Waals surface area contributed by atoms with E-state index in [1.54, 1.807) is 35.8 Å². The van der Waals surface area contributed by atoms with Gasteiger partial charge >= 0.3 is 0 Å². The van der Waals surface area contributed by atoms with Crippen LogP contribution in [0.25, 0.3) is 22.9 Å². The number of methoxy groups -OCH3 is 2. The highest BCUT2D eigenvalue weighted by molar-refractivity contribution is 7.07. The Kier molecular flexibility index (Phi) is 9.24. The summed E-state index contributed by atoms with van der Waals surface area (Å²) in [6.07, 6.45) is 1.94. The molecule has 2 aromatic heterocycles. The highest BCUT2D eigenvalue weighted by Gasteiger charge is 2.36. The fourth-order valence-electron chi connectivity index (χ4n) is 6.53. The fourth-order valence-corrected chi connectivity index (χ4v) is 7.57. The van der Waals surface area contributed by atoms with Crippen molar-refractivity contribution in [2.24, 2.45) is 4.99 Å². The molecule has 1 atom stereocenters. The third-order valence-electron chi connectivity index (χ3n) is 9.02. The van der Waals surface area contributed by atoms with Crippen molar-refractivity contribution < 1.29 is 14.3 Å². The van der Waals surface area contributed by atoms with E-state index in [1.807, 2.05) is 51.1 Å². The third-order valence-corrected chi connectivity index (χ3v) is 10.0. The summed E-state index contributed by atoms with van der Waals surface area (Å²) in [5.74, 6) is 0.991. The highest BCUT2D eigenvalue weighted by atomic mass is 32.1. The highest BCUT2D eigenvalue weighted by Crippen LogP contribution is 2.38. The van der Waals surface area contributed by atoms with Crippen LogP contribution in [-0.4, -0.2) is 47.3 Å². The Hall–Kier alpha value is -5.15. The molecule has 9 heteroatoms. The molecule has 0 saturated carbocycles. The summed E-state index contributed by atoms with van der Waals surface area (Å²) >= 11 is 1.32. The van der Waals surface area contributed by atoms with Gasteiger partial charge in [0, 0.05) is 35.7 Å². The second-order valence-corrected chi connectivity index (χ2v) is 12.8. The molecule has 3 heterocycles. The van der Waals surface area contributed by atoms with E-state index in [0.717, 1.165) is 28.2 Å². The Morgan fingerprint density at radius 1 is 0.917 bits per heavy atom. The van der Waals surface area contributed by atoms with Gasteiger partial charge in [-0.1, -0.05) is 53.8 Å². The maximum Gasteiger partial charge on any atom is 0.271 e. The van der Waals surface area contributed by atoms with E-state index < -0.39 is 6.04 Å². The van der Waals surface area contributed by atoms with Crippen LogP contribution in [0.4, 0.5) is 0 Å². The number of ether oxygens (including phenoxy) is 2. The molecule has 246 valence electrons. The predicted octanol–water partition coefficient (Wildman–Crippen LogP) is 6.20. The maximum absolute atomic E-state index is 14.4. The number of allylic oxidation sites excluding steroid dienone is 1. The van der Waals surface area contributed by atoms with Gasteiger partial charge in [-0.3, -0.25) is 14.2 Å². The zero-order valence-corrected chi connectivity index (χ0v) is 29.2. The van der Waals surface area contributed by atoms with Gasteiger partial charge in [-0.2, -0.15) is 0 Å². The number of benzene rings is 3. The SMILES string of the molecule is CCN(CC)C(=O)C1=C(C)N=c2s/c(=C/c3cc(C)n(-c4ccc(-c5ccccc5)cc4)c3C)c(=O)n2[C@H]1c1cc(OC)ccc1OC. The lowest BCUT2D eigenvalue weighted by Gasteiger charge is -2.30. The van der Waals surface area contributed by atoms with E-state index in [-0.39, 0.29) is 11.5 Å². The first kappa shape index (κ1) is 32.8. The van der Waals surface area contributed by atoms with Gasteiger partial charge in [0.15, 0.2) is 4.80 Å². The van der Waals surface area contributed by atoms with E-state index in [2.05, 4.69) is 60.9 Å². The smallest absolute Gasteiger partial charge is 0.271 e. The minimum atomic E-state index is -0.753. The van der Waals surface area contributed by atoms with Crippen LogP contribution in [0.5, 0.6) is 11.5 Å². The quantitative estimate of drug-likeness (QED) is 0.189. The van der Waals surface area contributed by atoms with Crippen molar-refractivity contribution in [2.45, 2.75) is 40.7 Å². The minimum Gasteiger partial charge on any atom is -0.497 e. The first-order valence-electron chi connectivity index (χ1n) is 16.1. The number of aryl methyl sites for hydroxylation is 1. The Bertz CT molecular complexity index is 2200. The molecule has 1 aliphatic heterocycles. The summed E-state index contributed by atoms with van der Waals surface area (Å²) in [7, 11) is 3.18. The molecule has 0 N–H and O–H groups in total. The third kappa shape index (κ3) is 5.79. The van der Waals surface area contributed by atoms with Gasteiger partial charge in [-0.05, 0) is 93.8 Å². The van der Waals surface area contributed by atoms with Crippen LogP contribution in [0, 0.1) is 13.8 Å². The van der Waals surface area contributed by atoms with Crippen LogP contribution in [0.3, 0.4) is 0 Å². The predicted molar refractivity (Wildman–Crippen MR) is 192 cm³/mol. The van der Waals surface area contributed by atoms with E-state index >= 15 is 0 Å². The van der Waals surface area contributed by atoms with Crippen LogP contribution in [0.2, 0.25) is 0 Å². The van der Waals surface area contributed by atoms with Crippen molar-refractivity contribution in [3.05, 3.63) is 132 Å². The number of amides is 1. The molecule has 8 nitrogen and oxygen atoms in total. The number of thiazole rings is 1. The average Bonchev–Trinajstić information content (AvgIpc) is 3.57. The van der Waals surface area contributed by atoms with Crippen molar-refractivity contribution in [1.82, 2.24) is 14.0 Å². The van der Waals surface area contributed by atoms with Crippen molar-refractivity contribution >= 4 is 23.3 Å². The molecular formula is C39H40N4O4S. The molecule has 3 aromatic carbocycles. The Labute approximate surface area is 284 Å². The van der Waals surface area contributed by atoms with E-state index in [0.29, 0.717) is 50.8 Å². The van der Waals surface area contributed by atoms with Gasteiger partial charge in [0.1, 0.15) is 17.5 Å². The van der Waals surface area contributed by atoms with E-state index in [1.165, 1.54) is 16.9 Å². The second-order valence-electron chi connectivity index (χ2n) is 11.7. The average molecular weight is 661 g/mol. The normalized spacial score (nSPS) is 14.5. The van der Waals surface area contributed by atoms with Gasteiger partial charge in [0.2, 0.25) is 0 Å². The number of carbonyl (C=O) groups is 1. The zero-order chi connectivity index (χ0) is 34.1. The molecule has 0 saturated heterocycles. The van der Waals surface area contributed by atoms with Gasteiger partial charge < -0.3 is 18.9 Å². The van der Waals surface area contributed by atoms with Crippen LogP contribution in [0.1, 0.15) is 49.3 Å². The van der Waals surface area contributed by atoms with Crippen molar-refractivity contribution in [1.29, 1.82) is 0 Å². The minimum absolute atomic E-state index is 0.160. The van der Waals surface area contributed by atoms with Crippen molar-refractivity contribution in [3.8, 4) is 28.3 Å². The summed E-state index contributed by atoms with van der Waals surface area (Å²) in [4.78, 5) is 35.6. The molecule has 0 fully saturated rings.